The zero-order valence-corrected chi connectivity index (χ0v) is 18.1. The van der Waals surface area contributed by atoms with Crippen LogP contribution in [0.4, 0.5) is 0 Å². The highest BCUT2D eigenvalue weighted by Crippen LogP contribution is 2.26. The lowest BCUT2D eigenvalue weighted by atomic mass is 10.1. The molecule has 0 saturated carbocycles. The summed E-state index contributed by atoms with van der Waals surface area (Å²) in [5.41, 5.74) is 4.20. The Balaban J connectivity index is 1.56. The molecular weight excluding hydrogens is 400 g/mol. The summed E-state index contributed by atoms with van der Waals surface area (Å²) in [6.07, 6.45) is 3.91. The van der Waals surface area contributed by atoms with Gasteiger partial charge in [-0.25, -0.2) is 9.67 Å². The molecule has 6 heteroatoms. The van der Waals surface area contributed by atoms with E-state index < -0.39 is 0 Å². The summed E-state index contributed by atoms with van der Waals surface area (Å²) in [7, 11) is 1.84. The van der Waals surface area contributed by atoms with Crippen LogP contribution in [0.3, 0.4) is 0 Å². The van der Waals surface area contributed by atoms with Gasteiger partial charge < -0.3 is 9.64 Å². The van der Waals surface area contributed by atoms with E-state index in [0.717, 1.165) is 41.7 Å². The second-order valence-corrected chi connectivity index (χ2v) is 8.27. The van der Waals surface area contributed by atoms with E-state index in [2.05, 4.69) is 17.2 Å². The third-order valence-electron chi connectivity index (χ3n) is 5.93. The molecule has 0 bridgehead atoms. The minimum Gasteiger partial charge on any atom is -0.376 e. The zero-order valence-electron chi connectivity index (χ0n) is 18.1. The second-order valence-electron chi connectivity index (χ2n) is 8.27. The van der Waals surface area contributed by atoms with E-state index in [1.165, 1.54) is 0 Å². The smallest absolute Gasteiger partial charge is 0.254 e. The van der Waals surface area contributed by atoms with Crippen LogP contribution in [0.5, 0.6) is 0 Å². The molecule has 32 heavy (non-hydrogen) atoms. The Labute approximate surface area is 187 Å². The Morgan fingerprint density at radius 1 is 1.12 bits per heavy atom. The fourth-order valence-corrected chi connectivity index (χ4v) is 4.24. The van der Waals surface area contributed by atoms with Gasteiger partial charge >= 0.3 is 0 Å². The van der Waals surface area contributed by atoms with Crippen LogP contribution >= 0.6 is 0 Å². The van der Waals surface area contributed by atoms with E-state index in [1.807, 2.05) is 66.3 Å². The lowest BCUT2D eigenvalue weighted by molar-refractivity contribution is 0.0588. The summed E-state index contributed by atoms with van der Waals surface area (Å²) in [5.74, 6) is -0.0376. The largest absolute Gasteiger partial charge is 0.376 e. The SMILES string of the molecule is CN(CC1CCCO1)C(=O)c1cc(-c2ccccc2)nc2c1cnn2Cc1ccccc1. The quantitative estimate of drug-likeness (QED) is 0.459. The summed E-state index contributed by atoms with van der Waals surface area (Å²) in [6.45, 7) is 1.95. The number of hydrogen-bond donors (Lipinski definition) is 0. The van der Waals surface area contributed by atoms with Crippen LogP contribution in [-0.2, 0) is 11.3 Å². The molecule has 6 nitrogen and oxygen atoms in total. The van der Waals surface area contributed by atoms with E-state index in [1.54, 1.807) is 11.1 Å². The minimum absolute atomic E-state index is 0.0376. The number of hydrogen-bond acceptors (Lipinski definition) is 4. The van der Waals surface area contributed by atoms with Gasteiger partial charge in [-0.3, -0.25) is 4.79 Å². The first-order chi connectivity index (χ1) is 15.7. The number of benzene rings is 2. The molecule has 1 aliphatic rings. The molecule has 1 saturated heterocycles. The summed E-state index contributed by atoms with van der Waals surface area (Å²) in [5, 5.41) is 5.36. The van der Waals surface area contributed by atoms with Crippen LogP contribution in [0.1, 0.15) is 28.8 Å². The molecule has 2 aromatic heterocycles. The molecule has 1 fully saturated rings. The number of ether oxygens (including phenoxy) is 1. The molecule has 2 aromatic carbocycles. The number of rotatable bonds is 6. The predicted molar refractivity (Wildman–Crippen MR) is 124 cm³/mol. The van der Waals surface area contributed by atoms with Gasteiger partial charge in [0.25, 0.3) is 5.91 Å². The Hall–Kier alpha value is -3.51. The minimum atomic E-state index is -0.0376. The van der Waals surface area contributed by atoms with E-state index in [0.29, 0.717) is 24.3 Å². The van der Waals surface area contributed by atoms with Crippen molar-refractivity contribution in [2.45, 2.75) is 25.5 Å². The number of likely N-dealkylation sites (N-methyl/N-ethyl adjacent to an activating group) is 1. The normalized spacial score (nSPS) is 15.8. The first kappa shape index (κ1) is 20.4. The first-order valence-corrected chi connectivity index (χ1v) is 11.0. The van der Waals surface area contributed by atoms with Gasteiger partial charge in [0.1, 0.15) is 0 Å². The summed E-state index contributed by atoms with van der Waals surface area (Å²) < 4.78 is 7.61. The van der Waals surface area contributed by atoms with E-state index in [4.69, 9.17) is 9.72 Å². The van der Waals surface area contributed by atoms with E-state index >= 15 is 0 Å². The van der Waals surface area contributed by atoms with Crippen molar-refractivity contribution in [1.82, 2.24) is 19.7 Å². The molecule has 3 heterocycles. The summed E-state index contributed by atoms with van der Waals surface area (Å²) in [4.78, 5) is 20.2. The van der Waals surface area contributed by atoms with Crippen molar-refractivity contribution in [3.8, 4) is 11.3 Å². The molecule has 1 aliphatic heterocycles. The van der Waals surface area contributed by atoms with Crippen LogP contribution in [0.2, 0.25) is 0 Å². The number of amides is 1. The third kappa shape index (κ3) is 4.14. The van der Waals surface area contributed by atoms with Gasteiger partial charge in [0.2, 0.25) is 0 Å². The third-order valence-corrected chi connectivity index (χ3v) is 5.93. The van der Waals surface area contributed by atoms with Gasteiger partial charge in [0.15, 0.2) is 5.65 Å². The molecule has 1 unspecified atom stereocenters. The van der Waals surface area contributed by atoms with Crippen LogP contribution in [-0.4, -0.2) is 51.9 Å². The molecule has 162 valence electrons. The molecule has 5 rings (SSSR count). The zero-order chi connectivity index (χ0) is 21.9. The molecule has 1 atom stereocenters. The van der Waals surface area contributed by atoms with Crippen LogP contribution < -0.4 is 0 Å². The number of aromatic nitrogens is 3. The highest BCUT2D eigenvalue weighted by atomic mass is 16.5. The van der Waals surface area contributed by atoms with Gasteiger partial charge in [-0.2, -0.15) is 5.10 Å². The number of pyridine rings is 1. The number of fused-ring (bicyclic) bond motifs is 1. The van der Waals surface area contributed by atoms with Gasteiger partial charge in [-0.15, -0.1) is 0 Å². The Morgan fingerprint density at radius 3 is 2.59 bits per heavy atom. The first-order valence-electron chi connectivity index (χ1n) is 11.0. The average Bonchev–Trinajstić information content (AvgIpc) is 3.49. The highest BCUT2D eigenvalue weighted by molar-refractivity contribution is 6.06. The standard InChI is InChI=1S/C26H26N4O2/c1-29(18-21-13-8-14-32-21)26(31)22-15-24(20-11-6-3-7-12-20)28-25-23(22)16-27-30(25)17-19-9-4-2-5-10-19/h2-7,9-12,15-16,21H,8,13-14,17-18H2,1H3. The molecule has 0 radical (unpaired) electrons. The van der Waals surface area contributed by atoms with Crippen molar-refractivity contribution in [1.29, 1.82) is 0 Å². The fraction of sp³-hybridized carbons (Fsp3) is 0.269. The van der Waals surface area contributed by atoms with Crippen LogP contribution in [0, 0.1) is 0 Å². The van der Waals surface area contributed by atoms with Gasteiger partial charge in [0.05, 0.1) is 35.5 Å². The summed E-state index contributed by atoms with van der Waals surface area (Å²) >= 11 is 0. The molecule has 4 aromatic rings. The molecule has 0 N–H and O–H groups in total. The number of carbonyl (C=O) groups excluding carboxylic acids is 1. The van der Waals surface area contributed by atoms with Crippen molar-refractivity contribution in [2.75, 3.05) is 20.2 Å². The van der Waals surface area contributed by atoms with Crippen LogP contribution in [0.15, 0.2) is 72.9 Å². The maximum Gasteiger partial charge on any atom is 0.254 e. The number of carbonyl (C=O) groups is 1. The van der Waals surface area contributed by atoms with Crippen molar-refractivity contribution >= 4 is 16.9 Å². The van der Waals surface area contributed by atoms with Gasteiger partial charge in [-0.1, -0.05) is 60.7 Å². The monoisotopic (exact) mass is 426 g/mol. The second kappa shape index (κ2) is 8.93. The fourth-order valence-electron chi connectivity index (χ4n) is 4.24. The van der Waals surface area contributed by atoms with Gasteiger partial charge in [-0.05, 0) is 24.5 Å². The van der Waals surface area contributed by atoms with E-state index in [9.17, 15) is 4.79 Å². The maximum atomic E-state index is 13.5. The van der Waals surface area contributed by atoms with Crippen LogP contribution in [0.25, 0.3) is 22.3 Å². The number of nitrogens with zero attached hydrogens (tertiary/aromatic N) is 4. The Bertz CT molecular complexity index is 1210. The predicted octanol–water partition coefficient (Wildman–Crippen LogP) is 4.40. The lowest BCUT2D eigenvalue weighted by Gasteiger charge is -2.21. The maximum absolute atomic E-state index is 13.5. The van der Waals surface area contributed by atoms with Gasteiger partial charge in [0, 0.05) is 25.8 Å². The van der Waals surface area contributed by atoms with Crippen molar-refractivity contribution in [3.05, 3.63) is 84.1 Å². The molecule has 0 spiro atoms. The highest BCUT2D eigenvalue weighted by Gasteiger charge is 2.24. The molecule has 1 amide bonds. The van der Waals surface area contributed by atoms with Crippen molar-refractivity contribution in [2.24, 2.45) is 0 Å². The summed E-state index contributed by atoms with van der Waals surface area (Å²) in [6, 6.07) is 22.0. The average molecular weight is 427 g/mol. The molecular formula is C26H26N4O2. The van der Waals surface area contributed by atoms with Crippen molar-refractivity contribution < 1.29 is 9.53 Å². The topological polar surface area (TPSA) is 60.2 Å². The Kier molecular flexibility index (Phi) is 5.69. The Morgan fingerprint density at radius 2 is 1.88 bits per heavy atom. The lowest BCUT2D eigenvalue weighted by Crippen LogP contribution is -2.34. The van der Waals surface area contributed by atoms with E-state index in [-0.39, 0.29) is 12.0 Å². The van der Waals surface area contributed by atoms with Crippen molar-refractivity contribution in [3.63, 3.8) is 0 Å². The molecule has 0 aliphatic carbocycles.